The Hall–Kier alpha value is -2.36. The van der Waals surface area contributed by atoms with E-state index in [1.165, 1.54) is 12.1 Å². The number of carbonyl (C=O) groups excluding carboxylic acids is 1. The molecule has 0 spiro atoms. The summed E-state index contributed by atoms with van der Waals surface area (Å²) >= 11 is 0. The van der Waals surface area contributed by atoms with E-state index < -0.39 is 0 Å². The minimum absolute atomic E-state index is 0.00617. The van der Waals surface area contributed by atoms with Crippen LogP contribution in [-0.2, 0) is 7.05 Å². The SMILES string of the molecule is Cn1cc(C=CC(=O)c2ccccc2O)cn1. The molecule has 2 aromatic rings. The number of benzene rings is 1. The largest absolute Gasteiger partial charge is 0.507 e. The lowest BCUT2D eigenvalue weighted by Gasteiger charge is -1.98. The summed E-state index contributed by atoms with van der Waals surface area (Å²) in [5.74, 6) is -0.236. The van der Waals surface area contributed by atoms with Gasteiger partial charge in [0.1, 0.15) is 5.75 Å². The van der Waals surface area contributed by atoms with Crippen molar-refractivity contribution >= 4 is 11.9 Å². The molecular formula is C13H12N2O2. The van der Waals surface area contributed by atoms with E-state index in [0.717, 1.165) is 5.56 Å². The number of hydrogen-bond donors (Lipinski definition) is 1. The Morgan fingerprint density at radius 2 is 2.18 bits per heavy atom. The lowest BCUT2D eigenvalue weighted by Crippen LogP contribution is -1.93. The van der Waals surface area contributed by atoms with Gasteiger partial charge in [0.2, 0.25) is 0 Å². The highest BCUT2D eigenvalue weighted by molar-refractivity contribution is 6.08. The van der Waals surface area contributed by atoms with E-state index in [1.807, 2.05) is 7.05 Å². The smallest absolute Gasteiger partial charge is 0.189 e. The number of phenolic OH excluding ortho intramolecular Hbond substituents is 1. The number of rotatable bonds is 3. The third-order valence-corrected chi connectivity index (χ3v) is 2.32. The zero-order valence-corrected chi connectivity index (χ0v) is 9.37. The number of nitrogens with zero attached hydrogens (tertiary/aromatic N) is 2. The van der Waals surface area contributed by atoms with Crippen LogP contribution < -0.4 is 0 Å². The molecule has 17 heavy (non-hydrogen) atoms. The van der Waals surface area contributed by atoms with Crippen molar-refractivity contribution in [1.29, 1.82) is 0 Å². The molecule has 0 unspecified atom stereocenters. The number of aryl methyl sites for hydroxylation is 1. The second-order valence-electron chi connectivity index (χ2n) is 3.66. The molecule has 0 saturated heterocycles. The highest BCUT2D eigenvalue weighted by Gasteiger charge is 2.06. The fourth-order valence-corrected chi connectivity index (χ4v) is 1.47. The van der Waals surface area contributed by atoms with Gasteiger partial charge in [-0.1, -0.05) is 12.1 Å². The molecule has 0 bridgehead atoms. The van der Waals surface area contributed by atoms with Gasteiger partial charge in [0.25, 0.3) is 0 Å². The number of allylic oxidation sites excluding steroid dienone is 1. The van der Waals surface area contributed by atoms with Crippen LogP contribution in [-0.4, -0.2) is 20.7 Å². The first-order valence-electron chi connectivity index (χ1n) is 5.16. The third-order valence-electron chi connectivity index (χ3n) is 2.32. The molecule has 4 heteroatoms. The van der Waals surface area contributed by atoms with Crippen LogP contribution in [0.3, 0.4) is 0 Å². The van der Waals surface area contributed by atoms with E-state index in [-0.39, 0.29) is 11.5 Å². The van der Waals surface area contributed by atoms with Crippen LogP contribution in [0, 0.1) is 0 Å². The number of phenols is 1. The second kappa shape index (κ2) is 4.65. The maximum atomic E-state index is 11.8. The minimum Gasteiger partial charge on any atom is -0.507 e. The van der Waals surface area contributed by atoms with Gasteiger partial charge >= 0.3 is 0 Å². The van der Waals surface area contributed by atoms with Crippen molar-refractivity contribution in [2.75, 3.05) is 0 Å². The summed E-state index contributed by atoms with van der Waals surface area (Å²) in [5, 5.41) is 13.5. The van der Waals surface area contributed by atoms with Crippen LogP contribution in [0.5, 0.6) is 5.75 Å². The van der Waals surface area contributed by atoms with Crippen LogP contribution >= 0.6 is 0 Å². The van der Waals surface area contributed by atoms with Gasteiger partial charge in [-0.2, -0.15) is 5.10 Å². The monoisotopic (exact) mass is 228 g/mol. The highest BCUT2D eigenvalue weighted by Crippen LogP contribution is 2.16. The Bertz CT molecular complexity index is 570. The summed E-state index contributed by atoms with van der Waals surface area (Å²) in [5.41, 5.74) is 1.14. The normalized spacial score (nSPS) is 10.9. The van der Waals surface area contributed by atoms with Crippen molar-refractivity contribution in [3.05, 3.63) is 53.9 Å². The first kappa shape index (κ1) is 11.1. The van der Waals surface area contributed by atoms with Gasteiger partial charge in [-0.3, -0.25) is 9.48 Å². The van der Waals surface area contributed by atoms with Crippen LogP contribution in [0.1, 0.15) is 15.9 Å². The quantitative estimate of drug-likeness (QED) is 0.646. The molecule has 0 atom stereocenters. The molecule has 1 aromatic carbocycles. The van der Waals surface area contributed by atoms with Gasteiger partial charge in [-0.15, -0.1) is 0 Å². The van der Waals surface area contributed by atoms with E-state index in [9.17, 15) is 9.90 Å². The highest BCUT2D eigenvalue weighted by atomic mass is 16.3. The summed E-state index contributed by atoms with van der Waals surface area (Å²) in [6.07, 6.45) is 6.55. The van der Waals surface area contributed by atoms with Crippen molar-refractivity contribution in [3.8, 4) is 5.75 Å². The summed E-state index contributed by atoms with van der Waals surface area (Å²) in [7, 11) is 1.81. The van der Waals surface area contributed by atoms with Crippen LogP contribution in [0.2, 0.25) is 0 Å². The number of carbonyl (C=O) groups is 1. The average molecular weight is 228 g/mol. The average Bonchev–Trinajstić information content (AvgIpc) is 2.73. The summed E-state index contributed by atoms with van der Waals surface area (Å²) < 4.78 is 1.66. The Morgan fingerprint density at radius 3 is 2.82 bits per heavy atom. The third kappa shape index (κ3) is 2.60. The van der Waals surface area contributed by atoms with E-state index in [1.54, 1.807) is 41.4 Å². The maximum Gasteiger partial charge on any atom is 0.189 e. The minimum atomic E-state index is -0.230. The van der Waals surface area contributed by atoms with E-state index in [2.05, 4.69) is 5.10 Å². The molecule has 1 heterocycles. The molecular weight excluding hydrogens is 216 g/mol. The first-order valence-corrected chi connectivity index (χ1v) is 5.16. The molecule has 0 aliphatic carbocycles. The van der Waals surface area contributed by atoms with E-state index >= 15 is 0 Å². The Morgan fingerprint density at radius 1 is 1.41 bits per heavy atom. The standard InChI is InChI=1S/C13H12N2O2/c1-15-9-10(8-14-15)6-7-13(17)11-4-2-3-5-12(11)16/h2-9,16H,1H3. The van der Waals surface area contributed by atoms with Crippen molar-refractivity contribution < 1.29 is 9.90 Å². The van der Waals surface area contributed by atoms with Gasteiger partial charge in [0, 0.05) is 18.8 Å². The number of para-hydroxylation sites is 1. The molecule has 0 saturated carbocycles. The predicted octanol–water partition coefficient (Wildman–Crippen LogP) is 2.02. The Labute approximate surface area is 98.8 Å². The van der Waals surface area contributed by atoms with Gasteiger partial charge in [-0.05, 0) is 24.3 Å². The number of aromatic hydroxyl groups is 1. The summed E-state index contributed by atoms with van der Waals surface area (Å²) in [6, 6.07) is 6.47. The van der Waals surface area contributed by atoms with Gasteiger partial charge in [0.05, 0.1) is 11.8 Å². The second-order valence-corrected chi connectivity index (χ2v) is 3.66. The number of hydrogen-bond acceptors (Lipinski definition) is 3. The first-order chi connectivity index (χ1) is 8.16. The van der Waals surface area contributed by atoms with E-state index in [0.29, 0.717) is 5.56 Å². The van der Waals surface area contributed by atoms with Crippen LogP contribution in [0.4, 0.5) is 0 Å². The number of aromatic nitrogens is 2. The van der Waals surface area contributed by atoms with Crippen molar-refractivity contribution in [1.82, 2.24) is 9.78 Å². The molecule has 0 fully saturated rings. The van der Waals surface area contributed by atoms with Gasteiger partial charge < -0.3 is 5.11 Å². The molecule has 1 aromatic heterocycles. The fraction of sp³-hybridized carbons (Fsp3) is 0.0769. The number of ketones is 1. The molecule has 0 aliphatic heterocycles. The van der Waals surface area contributed by atoms with Crippen LogP contribution in [0.15, 0.2) is 42.7 Å². The van der Waals surface area contributed by atoms with Gasteiger partial charge in [0.15, 0.2) is 5.78 Å². The summed E-state index contributed by atoms with van der Waals surface area (Å²) in [6.45, 7) is 0. The predicted molar refractivity (Wildman–Crippen MR) is 64.7 cm³/mol. The zero-order chi connectivity index (χ0) is 12.3. The van der Waals surface area contributed by atoms with Crippen molar-refractivity contribution in [3.63, 3.8) is 0 Å². The fourth-order valence-electron chi connectivity index (χ4n) is 1.47. The summed E-state index contributed by atoms with van der Waals surface area (Å²) in [4.78, 5) is 11.8. The lowest BCUT2D eigenvalue weighted by molar-refractivity contribution is 0.104. The Balaban J connectivity index is 2.17. The maximum absolute atomic E-state index is 11.8. The van der Waals surface area contributed by atoms with Crippen molar-refractivity contribution in [2.24, 2.45) is 7.05 Å². The molecule has 4 nitrogen and oxygen atoms in total. The Kier molecular flexibility index (Phi) is 3.05. The van der Waals surface area contributed by atoms with E-state index in [4.69, 9.17) is 0 Å². The molecule has 2 rings (SSSR count). The molecule has 1 N–H and O–H groups in total. The van der Waals surface area contributed by atoms with Gasteiger partial charge in [-0.25, -0.2) is 0 Å². The molecule has 86 valence electrons. The molecule has 0 radical (unpaired) electrons. The molecule has 0 amide bonds. The zero-order valence-electron chi connectivity index (χ0n) is 9.37. The van der Waals surface area contributed by atoms with Crippen molar-refractivity contribution in [2.45, 2.75) is 0 Å². The molecule has 0 aliphatic rings. The lowest BCUT2D eigenvalue weighted by atomic mass is 10.1. The topological polar surface area (TPSA) is 55.1 Å². The van der Waals surface area contributed by atoms with Crippen LogP contribution in [0.25, 0.3) is 6.08 Å².